The molecular formula is C15H17NO2. The molecule has 2 N–H and O–H groups in total. The molecule has 0 aliphatic rings. The molecule has 0 fully saturated rings. The molecular weight excluding hydrogens is 226 g/mol. The summed E-state index contributed by atoms with van der Waals surface area (Å²) in [6.45, 7) is 2.08. The van der Waals surface area contributed by atoms with E-state index in [4.69, 9.17) is 4.74 Å². The fourth-order valence-corrected chi connectivity index (χ4v) is 1.81. The minimum Gasteiger partial charge on any atom is -0.508 e. The highest BCUT2D eigenvalue weighted by Crippen LogP contribution is 2.23. The lowest BCUT2D eigenvalue weighted by atomic mass is 10.1. The zero-order valence-corrected chi connectivity index (χ0v) is 10.6. The number of nitrogens with one attached hydrogen (secondary N) is 1. The van der Waals surface area contributed by atoms with Gasteiger partial charge in [0.15, 0.2) is 0 Å². The highest BCUT2D eigenvalue weighted by Gasteiger charge is 2.05. The van der Waals surface area contributed by atoms with Crippen LogP contribution in [0.15, 0.2) is 48.5 Å². The smallest absolute Gasteiger partial charge is 0.120 e. The minimum atomic E-state index is 0.165. The Hall–Kier alpha value is -2.16. The van der Waals surface area contributed by atoms with Crippen LogP contribution in [0.3, 0.4) is 0 Å². The van der Waals surface area contributed by atoms with Crippen molar-refractivity contribution in [2.45, 2.75) is 13.0 Å². The van der Waals surface area contributed by atoms with Gasteiger partial charge in [-0.1, -0.05) is 18.2 Å². The van der Waals surface area contributed by atoms with E-state index >= 15 is 0 Å². The zero-order chi connectivity index (χ0) is 13.0. The Morgan fingerprint density at radius 1 is 1.11 bits per heavy atom. The summed E-state index contributed by atoms with van der Waals surface area (Å²) in [7, 11) is 1.66. The molecule has 3 heteroatoms. The third kappa shape index (κ3) is 2.94. The summed E-state index contributed by atoms with van der Waals surface area (Å²) in [5, 5.41) is 12.7. The van der Waals surface area contributed by atoms with Crippen molar-refractivity contribution in [3.63, 3.8) is 0 Å². The van der Waals surface area contributed by atoms with E-state index < -0.39 is 0 Å². The predicted molar refractivity (Wildman–Crippen MR) is 73.1 cm³/mol. The van der Waals surface area contributed by atoms with Crippen molar-refractivity contribution in [2.24, 2.45) is 0 Å². The van der Waals surface area contributed by atoms with Crippen LogP contribution in [0, 0.1) is 0 Å². The summed E-state index contributed by atoms with van der Waals surface area (Å²) in [4.78, 5) is 0. The van der Waals surface area contributed by atoms with Gasteiger partial charge in [0.05, 0.1) is 7.11 Å². The lowest BCUT2D eigenvalue weighted by Crippen LogP contribution is -2.06. The van der Waals surface area contributed by atoms with Gasteiger partial charge in [0.25, 0.3) is 0 Å². The van der Waals surface area contributed by atoms with Crippen molar-refractivity contribution in [1.29, 1.82) is 0 Å². The number of hydrogen-bond acceptors (Lipinski definition) is 3. The van der Waals surface area contributed by atoms with Gasteiger partial charge in [-0.3, -0.25) is 0 Å². The molecule has 3 nitrogen and oxygen atoms in total. The van der Waals surface area contributed by atoms with Gasteiger partial charge < -0.3 is 15.2 Å². The van der Waals surface area contributed by atoms with Crippen LogP contribution >= 0.6 is 0 Å². The number of rotatable bonds is 4. The molecule has 0 amide bonds. The van der Waals surface area contributed by atoms with Gasteiger partial charge in [-0.2, -0.15) is 0 Å². The largest absolute Gasteiger partial charge is 0.508 e. The SMILES string of the molecule is COc1cccc(NC(C)c2ccc(O)cc2)c1. The Labute approximate surface area is 107 Å². The Kier molecular flexibility index (Phi) is 3.72. The van der Waals surface area contributed by atoms with Crippen molar-refractivity contribution in [1.82, 2.24) is 0 Å². The second kappa shape index (κ2) is 5.45. The second-order valence-corrected chi connectivity index (χ2v) is 4.19. The number of phenolic OH excluding ortho intramolecular Hbond substituents is 1. The minimum absolute atomic E-state index is 0.165. The molecule has 0 bridgehead atoms. The first-order chi connectivity index (χ1) is 8.69. The third-order valence-electron chi connectivity index (χ3n) is 2.85. The van der Waals surface area contributed by atoms with Gasteiger partial charge >= 0.3 is 0 Å². The van der Waals surface area contributed by atoms with Crippen molar-refractivity contribution in [3.8, 4) is 11.5 Å². The van der Waals surface area contributed by atoms with Gasteiger partial charge in [-0.15, -0.1) is 0 Å². The average molecular weight is 243 g/mol. The van der Waals surface area contributed by atoms with Crippen LogP contribution in [0.25, 0.3) is 0 Å². The van der Waals surface area contributed by atoms with Gasteiger partial charge in [0.1, 0.15) is 11.5 Å². The Morgan fingerprint density at radius 2 is 1.83 bits per heavy atom. The number of ether oxygens (including phenoxy) is 1. The van der Waals surface area contributed by atoms with Gasteiger partial charge in [0.2, 0.25) is 0 Å². The van der Waals surface area contributed by atoms with E-state index in [2.05, 4.69) is 12.2 Å². The molecule has 2 aromatic carbocycles. The van der Waals surface area contributed by atoms with Crippen LogP contribution in [0.2, 0.25) is 0 Å². The summed E-state index contributed by atoms with van der Waals surface area (Å²) in [5.41, 5.74) is 2.13. The molecule has 0 aliphatic carbocycles. The number of benzene rings is 2. The van der Waals surface area contributed by atoms with Crippen LogP contribution in [-0.4, -0.2) is 12.2 Å². The Balaban J connectivity index is 2.10. The van der Waals surface area contributed by atoms with Crippen LogP contribution in [0.4, 0.5) is 5.69 Å². The summed E-state index contributed by atoms with van der Waals surface area (Å²) >= 11 is 0. The fraction of sp³-hybridized carbons (Fsp3) is 0.200. The molecule has 0 spiro atoms. The third-order valence-corrected chi connectivity index (χ3v) is 2.85. The Bertz CT molecular complexity index is 508. The molecule has 2 aromatic rings. The number of methoxy groups -OCH3 is 1. The van der Waals surface area contributed by atoms with E-state index in [1.54, 1.807) is 19.2 Å². The summed E-state index contributed by atoms with van der Waals surface area (Å²) < 4.78 is 5.18. The van der Waals surface area contributed by atoms with E-state index in [1.807, 2.05) is 36.4 Å². The van der Waals surface area contributed by atoms with E-state index in [9.17, 15) is 5.11 Å². The molecule has 0 heterocycles. The van der Waals surface area contributed by atoms with Gasteiger partial charge in [0, 0.05) is 17.8 Å². The van der Waals surface area contributed by atoms with Crippen molar-refractivity contribution < 1.29 is 9.84 Å². The first-order valence-electron chi connectivity index (χ1n) is 5.88. The van der Waals surface area contributed by atoms with Crippen molar-refractivity contribution >= 4 is 5.69 Å². The summed E-state index contributed by atoms with van der Waals surface area (Å²) in [6, 6.07) is 15.2. The molecule has 2 rings (SSSR count). The average Bonchev–Trinajstić information content (AvgIpc) is 2.39. The maximum absolute atomic E-state index is 9.26. The maximum atomic E-state index is 9.26. The van der Waals surface area contributed by atoms with Crippen molar-refractivity contribution in [2.75, 3.05) is 12.4 Å². The topological polar surface area (TPSA) is 41.5 Å². The number of hydrogen-bond donors (Lipinski definition) is 2. The maximum Gasteiger partial charge on any atom is 0.120 e. The number of anilines is 1. The number of phenols is 1. The Morgan fingerprint density at radius 3 is 2.50 bits per heavy atom. The summed E-state index contributed by atoms with van der Waals surface area (Å²) in [5.74, 6) is 1.12. The predicted octanol–water partition coefficient (Wildman–Crippen LogP) is 3.57. The lowest BCUT2D eigenvalue weighted by Gasteiger charge is -2.16. The van der Waals surface area contributed by atoms with Crippen molar-refractivity contribution in [3.05, 3.63) is 54.1 Å². The molecule has 0 radical (unpaired) electrons. The molecule has 94 valence electrons. The highest BCUT2D eigenvalue weighted by molar-refractivity contribution is 5.49. The monoisotopic (exact) mass is 243 g/mol. The molecule has 0 saturated heterocycles. The van der Waals surface area contributed by atoms with Crippen LogP contribution in [-0.2, 0) is 0 Å². The second-order valence-electron chi connectivity index (χ2n) is 4.19. The molecule has 0 saturated carbocycles. The first-order valence-corrected chi connectivity index (χ1v) is 5.88. The quantitative estimate of drug-likeness (QED) is 0.862. The fourth-order valence-electron chi connectivity index (χ4n) is 1.81. The normalized spacial score (nSPS) is 11.9. The molecule has 1 unspecified atom stereocenters. The lowest BCUT2D eigenvalue weighted by molar-refractivity contribution is 0.415. The van der Waals surface area contributed by atoms with E-state index in [0.29, 0.717) is 0 Å². The van der Waals surface area contributed by atoms with E-state index in [-0.39, 0.29) is 11.8 Å². The van der Waals surface area contributed by atoms with E-state index in [0.717, 1.165) is 17.0 Å². The molecule has 18 heavy (non-hydrogen) atoms. The first kappa shape index (κ1) is 12.3. The van der Waals surface area contributed by atoms with Crippen LogP contribution < -0.4 is 10.1 Å². The molecule has 1 atom stereocenters. The molecule has 0 aliphatic heterocycles. The van der Waals surface area contributed by atoms with Gasteiger partial charge in [-0.25, -0.2) is 0 Å². The van der Waals surface area contributed by atoms with Crippen LogP contribution in [0.1, 0.15) is 18.5 Å². The standard InChI is InChI=1S/C15H17NO2/c1-11(12-6-8-14(17)9-7-12)16-13-4-3-5-15(10-13)18-2/h3-11,16-17H,1-2H3. The van der Waals surface area contributed by atoms with Gasteiger partial charge in [-0.05, 0) is 36.8 Å². The number of aromatic hydroxyl groups is 1. The highest BCUT2D eigenvalue weighted by atomic mass is 16.5. The van der Waals surface area contributed by atoms with E-state index in [1.165, 1.54) is 0 Å². The zero-order valence-electron chi connectivity index (χ0n) is 10.6. The molecule has 0 aromatic heterocycles. The summed E-state index contributed by atoms with van der Waals surface area (Å²) in [6.07, 6.45) is 0. The van der Waals surface area contributed by atoms with Crippen LogP contribution in [0.5, 0.6) is 11.5 Å².